The summed E-state index contributed by atoms with van der Waals surface area (Å²) >= 11 is 0. The summed E-state index contributed by atoms with van der Waals surface area (Å²) in [5.41, 5.74) is -5.22. The summed E-state index contributed by atoms with van der Waals surface area (Å²) in [7, 11) is -5.67. The molecule has 0 bridgehead atoms. The fourth-order valence-electron chi connectivity index (χ4n) is 1.05. The van der Waals surface area contributed by atoms with Crippen molar-refractivity contribution in [3.63, 3.8) is 0 Å². The van der Waals surface area contributed by atoms with Crippen LogP contribution >= 0.6 is 0 Å². The lowest BCUT2D eigenvalue weighted by Crippen LogP contribution is -2.28. The first-order valence-electron chi connectivity index (χ1n) is 4.98. The van der Waals surface area contributed by atoms with Gasteiger partial charge in [-0.2, -0.15) is 21.6 Å². The van der Waals surface area contributed by atoms with E-state index in [2.05, 4.69) is 4.18 Å². The van der Waals surface area contributed by atoms with E-state index in [0.29, 0.717) is 0 Å². The summed E-state index contributed by atoms with van der Waals surface area (Å²) in [4.78, 5) is 0. The van der Waals surface area contributed by atoms with Gasteiger partial charge in [0.05, 0.1) is 1.37 Å². The molecule has 0 unspecified atom stereocenters. The smallest absolute Gasteiger partial charge is 0.376 e. The molecule has 0 fully saturated rings. The molecule has 0 heterocycles. The van der Waals surface area contributed by atoms with Gasteiger partial charge in [-0.15, -0.1) is 6.55 Å². The average Bonchev–Trinajstić information content (AvgIpc) is 2.26. The monoisotopic (exact) mass is 267 g/mol. The van der Waals surface area contributed by atoms with E-state index in [1.807, 2.05) is 0 Å². The van der Waals surface area contributed by atoms with Crippen LogP contribution in [0.15, 0.2) is 36.9 Å². The second-order valence-electron chi connectivity index (χ2n) is 3.03. The zero-order valence-corrected chi connectivity index (χ0v) is 9.25. The van der Waals surface area contributed by atoms with Crippen LogP contribution in [0.25, 0.3) is 0 Å². The van der Waals surface area contributed by atoms with Crippen LogP contribution in [0.5, 0.6) is 5.75 Å². The third kappa shape index (κ3) is 3.23. The van der Waals surface area contributed by atoms with Gasteiger partial charge >= 0.3 is 15.6 Å². The Balaban J connectivity index is 3.05. The molecule has 7 heteroatoms. The molecule has 0 saturated heterocycles. The summed E-state index contributed by atoms with van der Waals surface area (Å²) < 4.78 is 69.0. The number of rotatable bonds is 4. The molecular formula is C10H9F3O3S. The number of allylic oxidation sites excluding steroid dienone is 1. The first-order chi connectivity index (χ1) is 8.28. The minimum atomic E-state index is -5.67. The van der Waals surface area contributed by atoms with Crippen LogP contribution in [0.4, 0.5) is 13.2 Å². The van der Waals surface area contributed by atoms with Crippen LogP contribution < -0.4 is 4.18 Å². The fraction of sp³-hybridized carbons (Fsp3) is 0.200. The molecule has 3 nitrogen and oxygen atoms in total. The largest absolute Gasteiger partial charge is 0.534 e. The molecule has 0 saturated carbocycles. The van der Waals surface area contributed by atoms with Gasteiger partial charge in [0, 0.05) is 0 Å². The van der Waals surface area contributed by atoms with E-state index in [1.54, 1.807) is 0 Å². The van der Waals surface area contributed by atoms with Crippen molar-refractivity contribution in [3.8, 4) is 5.75 Å². The quantitative estimate of drug-likeness (QED) is 0.478. The number of para-hydroxylation sites is 1. The van der Waals surface area contributed by atoms with Crippen molar-refractivity contribution in [2.24, 2.45) is 0 Å². The second-order valence-corrected chi connectivity index (χ2v) is 4.57. The molecule has 0 atom stereocenters. The third-order valence-corrected chi connectivity index (χ3v) is 2.76. The molecule has 0 radical (unpaired) electrons. The first kappa shape index (κ1) is 12.0. The molecule has 0 amide bonds. The standard InChI is InChI=1S/C10H9F3O3S/c1-2-5-8-6-3-4-7-9(8)16-17(14,15)10(11,12)13/h2-4,6-7H,1,5H2/i1D. The molecule has 1 aromatic rings. The molecule has 0 aliphatic rings. The van der Waals surface area contributed by atoms with E-state index >= 15 is 0 Å². The number of alkyl halides is 3. The molecule has 0 spiro atoms. The van der Waals surface area contributed by atoms with Crippen molar-refractivity contribution in [2.75, 3.05) is 0 Å². The van der Waals surface area contributed by atoms with Crippen LogP contribution in [0.2, 0.25) is 0 Å². The Bertz CT molecular complexity index is 538. The first-order valence-corrected chi connectivity index (χ1v) is 5.81. The van der Waals surface area contributed by atoms with Gasteiger partial charge in [0.25, 0.3) is 0 Å². The summed E-state index contributed by atoms with van der Waals surface area (Å²) in [5, 5.41) is 0. The summed E-state index contributed by atoms with van der Waals surface area (Å²) in [6.07, 6.45) is 1.45. The lowest BCUT2D eigenvalue weighted by Gasteiger charge is -2.11. The molecule has 17 heavy (non-hydrogen) atoms. The SMILES string of the molecule is [2H]C=CCc1ccccc1OS(=O)(=O)C(F)(F)F. The van der Waals surface area contributed by atoms with Crippen molar-refractivity contribution < 1.29 is 27.1 Å². The van der Waals surface area contributed by atoms with Crippen LogP contribution in [0.3, 0.4) is 0 Å². The Labute approximate surface area is 98.1 Å². The van der Waals surface area contributed by atoms with Crippen molar-refractivity contribution in [1.82, 2.24) is 0 Å². The lowest BCUT2D eigenvalue weighted by molar-refractivity contribution is -0.0500. The number of halogens is 3. The molecule has 0 aliphatic heterocycles. The maximum absolute atomic E-state index is 12.1. The molecule has 94 valence electrons. The van der Waals surface area contributed by atoms with Gasteiger partial charge in [-0.1, -0.05) is 24.3 Å². The minimum absolute atomic E-state index is 0.104. The lowest BCUT2D eigenvalue weighted by atomic mass is 10.1. The van der Waals surface area contributed by atoms with E-state index < -0.39 is 21.4 Å². The van der Waals surface area contributed by atoms with Gasteiger partial charge in [0.2, 0.25) is 0 Å². The zero-order chi connectivity index (χ0) is 13.8. The molecule has 1 rings (SSSR count). The highest BCUT2D eigenvalue weighted by atomic mass is 32.2. The van der Waals surface area contributed by atoms with Crippen molar-refractivity contribution in [3.05, 3.63) is 42.5 Å². The Hall–Kier alpha value is -1.50. The Kier molecular flexibility index (Phi) is 3.37. The van der Waals surface area contributed by atoms with Gasteiger partial charge in [0.15, 0.2) is 0 Å². The molecule has 0 N–H and O–H groups in total. The Morgan fingerprint density at radius 2 is 2.06 bits per heavy atom. The Morgan fingerprint density at radius 1 is 1.41 bits per heavy atom. The number of hydrogen-bond donors (Lipinski definition) is 0. The summed E-state index contributed by atoms with van der Waals surface area (Å²) in [6.45, 7) is 0.953. The molecule has 0 aliphatic carbocycles. The fourth-order valence-corrected chi connectivity index (χ4v) is 1.54. The van der Waals surface area contributed by atoms with Crippen molar-refractivity contribution >= 4 is 10.1 Å². The average molecular weight is 267 g/mol. The zero-order valence-electron chi connectivity index (χ0n) is 9.44. The van der Waals surface area contributed by atoms with Gasteiger partial charge in [-0.3, -0.25) is 0 Å². The van der Waals surface area contributed by atoms with E-state index in [1.165, 1.54) is 24.3 Å². The van der Waals surface area contributed by atoms with E-state index in [4.69, 9.17) is 1.37 Å². The molecule has 0 aromatic heterocycles. The molecular weight excluding hydrogens is 257 g/mol. The van der Waals surface area contributed by atoms with Gasteiger partial charge in [-0.05, 0) is 18.1 Å². The minimum Gasteiger partial charge on any atom is -0.376 e. The van der Waals surface area contributed by atoms with E-state index in [9.17, 15) is 21.6 Å². The normalized spacial score (nSPS) is 13.7. The second kappa shape index (κ2) is 4.79. The summed E-state index contributed by atoms with van der Waals surface area (Å²) in [5.74, 6) is -0.395. The predicted molar refractivity (Wildman–Crippen MR) is 55.9 cm³/mol. The summed E-state index contributed by atoms with van der Waals surface area (Å²) in [6, 6.07) is 5.42. The van der Waals surface area contributed by atoms with Crippen LogP contribution in [-0.2, 0) is 16.5 Å². The predicted octanol–water partition coefficient (Wildman–Crippen LogP) is 2.64. The highest BCUT2D eigenvalue weighted by molar-refractivity contribution is 7.88. The number of hydrogen-bond acceptors (Lipinski definition) is 3. The molecule has 1 aromatic carbocycles. The van der Waals surface area contributed by atoms with Crippen molar-refractivity contribution in [2.45, 2.75) is 11.9 Å². The topological polar surface area (TPSA) is 43.4 Å². The van der Waals surface area contributed by atoms with E-state index in [-0.39, 0.29) is 12.0 Å². The van der Waals surface area contributed by atoms with Gasteiger partial charge in [-0.25, -0.2) is 0 Å². The van der Waals surface area contributed by atoms with Crippen LogP contribution in [-0.4, -0.2) is 13.9 Å². The third-order valence-electron chi connectivity index (χ3n) is 1.79. The van der Waals surface area contributed by atoms with Crippen molar-refractivity contribution in [1.29, 1.82) is 0 Å². The highest BCUT2D eigenvalue weighted by Gasteiger charge is 2.48. The highest BCUT2D eigenvalue weighted by Crippen LogP contribution is 2.28. The Morgan fingerprint density at radius 3 is 2.65 bits per heavy atom. The van der Waals surface area contributed by atoms with Gasteiger partial charge in [0.1, 0.15) is 5.75 Å². The van der Waals surface area contributed by atoms with Crippen LogP contribution in [0, 0.1) is 0 Å². The van der Waals surface area contributed by atoms with E-state index in [0.717, 1.165) is 12.6 Å². The maximum atomic E-state index is 12.1. The van der Waals surface area contributed by atoms with Crippen LogP contribution in [0.1, 0.15) is 6.93 Å². The maximum Gasteiger partial charge on any atom is 0.534 e. The number of benzene rings is 1. The van der Waals surface area contributed by atoms with Gasteiger partial charge < -0.3 is 4.18 Å².